The van der Waals surface area contributed by atoms with Crippen LogP contribution in [0.15, 0.2) is 45.1 Å². The van der Waals surface area contributed by atoms with E-state index < -0.39 is 0 Å². The Bertz CT molecular complexity index is 1560. The molecule has 1 aromatic carbocycles. The highest BCUT2D eigenvalue weighted by molar-refractivity contribution is 6.01. The topological polar surface area (TPSA) is 41.4 Å². The van der Waals surface area contributed by atoms with Crippen LogP contribution < -0.4 is 26.1 Å². The van der Waals surface area contributed by atoms with E-state index in [1.807, 2.05) is 37.9 Å². The Morgan fingerprint density at radius 3 is 2.56 bits per heavy atom. The summed E-state index contributed by atoms with van der Waals surface area (Å²) < 4.78 is 10.3. The van der Waals surface area contributed by atoms with Gasteiger partial charge in [-0.05, 0) is 45.5 Å². The SMILES string of the molecule is CCN1C2C=c3oc4c(cc3=CC2C(C)=CC1(C)C)c(=O)n(C)c1cc(=[N+](C)C)ccc41. The molecule has 3 aromatic rings. The highest BCUT2D eigenvalue weighted by Crippen LogP contribution is 2.36. The van der Waals surface area contributed by atoms with Gasteiger partial charge in [0.05, 0.1) is 10.9 Å². The first-order valence-corrected chi connectivity index (χ1v) is 11.4. The molecule has 0 amide bonds. The molecule has 0 fully saturated rings. The molecule has 5 heteroatoms. The van der Waals surface area contributed by atoms with Gasteiger partial charge in [0.2, 0.25) is 5.36 Å². The van der Waals surface area contributed by atoms with Gasteiger partial charge in [-0.1, -0.05) is 24.6 Å². The van der Waals surface area contributed by atoms with Crippen LogP contribution >= 0.6 is 0 Å². The van der Waals surface area contributed by atoms with E-state index in [0.717, 1.165) is 33.4 Å². The lowest BCUT2D eigenvalue weighted by Gasteiger charge is -2.48. The van der Waals surface area contributed by atoms with Gasteiger partial charge in [0.25, 0.3) is 5.56 Å². The van der Waals surface area contributed by atoms with Gasteiger partial charge in [0, 0.05) is 47.3 Å². The molecule has 2 unspecified atom stereocenters. The third kappa shape index (κ3) is 2.95. The van der Waals surface area contributed by atoms with Gasteiger partial charge < -0.3 is 8.98 Å². The van der Waals surface area contributed by atoms with Crippen molar-refractivity contribution in [1.29, 1.82) is 0 Å². The van der Waals surface area contributed by atoms with Crippen molar-refractivity contribution >= 4 is 34.0 Å². The van der Waals surface area contributed by atoms with Crippen molar-refractivity contribution in [2.24, 2.45) is 13.0 Å². The molecule has 2 aromatic heterocycles. The Labute approximate surface area is 187 Å². The maximum absolute atomic E-state index is 13.3. The zero-order chi connectivity index (χ0) is 22.9. The molecule has 2 aliphatic rings. The molecule has 0 radical (unpaired) electrons. The number of rotatable bonds is 1. The van der Waals surface area contributed by atoms with Crippen molar-refractivity contribution < 1.29 is 4.42 Å². The molecule has 5 rings (SSSR count). The van der Waals surface area contributed by atoms with Crippen molar-refractivity contribution in [2.75, 3.05) is 20.6 Å². The average molecular weight is 431 g/mol. The maximum atomic E-state index is 13.3. The predicted molar refractivity (Wildman–Crippen MR) is 132 cm³/mol. The minimum atomic E-state index is -0.0299. The summed E-state index contributed by atoms with van der Waals surface area (Å²) in [6, 6.07) is 8.45. The van der Waals surface area contributed by atoms with E-state index in [1.165, 1.54) is 5.57 Å². The first-order chi connectivity index (χ1) is 15.1. The second-order valence-electron chi connectivity index (χ2n) is 9.95. The molecule has 0 bridgehead atoms. The fourth-order valence-electron chi connectivity index (χ4n) is 5.67. The number of hydrogen-bond acceptors (Lipinski definition) is 3. The first-order valence-electron chi connectivity index (χ1n) is 11.4. The molecule has 0 saturated heterocycles. The van der Waals surface area contributed by atoms with Crippen LogP contribution in [0, 0.1) is 5.92 Å². The van der Waals surface area contributed by atoms with Crippen molar-refractivity contribution in [3.05, 3.63) is 62.3 Å². The molecule has 0 N–H and O–H groups in total. The molecule has 3 heterocycles. The highest BCUT2D eigenvalue weighted by Gasteiger charge is 2.39. The van der Waals surface area contributed by atoms with E-state index in [0.29, 0.717) is 11.0 Å². The van der Waals surface area contributed by atoms with Crippen molar-refractivity contribution in [2.45, 2.75) is 39.3 Å². The van der Waals surface area contributed by atoms with Crippen LogP contribution in [0.1, 0.15) is 27.7 Å². The number of benzene rings is 1. The number of fused-ring (bicyclic) bond motifs is 5. The zero-order valence-electron chi connectivity index (χ0n) is 20.1. The Hall–Kier alpha value is -2.92. The van der Waals surface area contributed by atoms with E-state index in [2.05, 4.69) is 63.0 Å². The van der Waals surface area contributed by atoms with Gasteiger partial charge in [0.15, 0.2) is 0 Å². The van der Waals surface area contributed by atoms with E-state index in [-0.39, 0.29) is 23.1 Å². The minimum absolute atomic E-state index is 0.0100. The summed E-state index contributed by atoms with van der Waals surface area (Å²) in [5.74, 6) is 0.287. The van der Waals surface area contributed by atoms with Gasteiger partial charge in [0.1, 0.15) is 25.1 Å². The van der Waals surface area contributed by atoms with Crippen molar-refractivity contribution in [1.82, 2.24) is 14.0 Å². The van der Waals surface area contributed by atoms with Crippen LogP contribution in [0.2, 0.25) is 0 Å². The van der Waals surface area contributed by atoms with E-state index >= 15 is 0 Å². The Kier molecular flexibility index (Phi) is 4.61. The van der Waals surface area contributed by atoms with Crippen LogP contribution in [-0.2, 0) is 7.05 Å². The minimum Gasteiger partial charge on any atom is -0.455 e. The number of aryl methyl sites for hydroxylation is 1. The number of pyridine rings is 1. The smallest absolute Gasteiger partial charge is 0.261 e. The van der Waals surface area contributed by atoms with Gasteiger partial charge in [-0.25, -0.2) is 4.58 Å². The molecule has 32 heavy (non-hydrogen) atoms. The normalized spacial score (nSPS) is 22.0. The summed E-state index contributed by atoms with van der Waals surface area (Å²) in [5.41, 5.74) is 3.73. The third-order valence-electron chi connectivity index (χ3n) is 7.28. The van der Waals surface area contributed by atoms with Crippen LogP contribution in [0.4, 0.5) is 0 Å². The first kappa shape index (κ1) is 21.0. The summed E-state index contributed by atoms with van der Waals surface area (Å²) in [6.07, 6.45) is 6.92. The number of hydrogen-bond donors (Lipinski definition) is 0. The van der Waals surface area contributed by atoms with Crippen LogP contribution in [0.25, 0.3) is 34.0 Å². The quantitative estimate of drug-likeness (QED) is 0.337. The van der Waals surface area contributed by atoms with Gasteiger partial charge in [-0.3, -0.25) is 9.69 Å². The number of aromatic nitrogens is 1. The summed E-state index contributed by atoms with van der Waals surface area (Å²) in [7, 11) is 5.85. The molecule has 1 aliphatic carbocycles. The number of likely N-dealkylation sites (N-methyl/N-ethyl adjacent to an activating group) is 1. The summed E-state index contributed by atoms with van der Waals surface area (Å²) >= 11 is 0. The van der Waals surface area contributed by atoms with Crippen LogP contribution in [0.3, 0.4) is 0 Å². The molecule has 0 saturated carbocycles. The lowest BCUT2D eigenvalue weighted by atomic mass is 9.78. The second kappa shape index (κ2) is 7.04. The lowest BCUT2D eigenvalue weighted by molar-refractivity contribution is 0.114. The molecule has 1 aliphatic heterocycles. The van der Waals surface area contributed by atoms with Gasteiger partial charge >= 0.3 is 0 Å². The predicted octanol–water partition coefficient (Wildman–Crippen LogP) is 1.94. The van der Waals surface area contributed by atoms with Gasteiger partial charge in [-0.2, -0.15) is 0 Å². The Morgan fingerprint density at radius 2 is 1.88 bits per heavy atom. The molecule has 0 spiro atoms. The maximum Gasteiger partial charge on any atom is 0.261 e. The van der Waals surface area contributed by atoms with Crippen molar-refractivity contribution in [3.63, 3.8) is 0 Å². The third-order valence-corrected chi connectivity index (χ3v) is 7.28. The highest BCUT2D eigenvalue weighted by atomic mass is 16.3. The second-order valence-corrected chi connectivity index (χ2v) is 9.95. The fourth-order valence-corrected chi connectivity index (χ4v) is 5.67. The molecule has 5 nitrogen and oxygen atoms in total. The molecule has 166 valence electrons. The molecular weight excluding hydrogens is 398 g/mol. The summed E-state index contributed by atoms with van der Waals surface area (Å²) in [4.78, 5) is 15.8. The number of nitrogens with zero attached hydrogens (tertiary/aromatic N) is 3. The Morgan fingerprint density at radius 1 is 1.12 bits per heavy atom. The molecule has 2 atom stereocenters. The average Bonchev–Trinajstić information content (AvgIpc) is 2.74. The lowest BCUT2D eigenvalue weighted by Crippen LogP contribution is -2.56. The summed E-state index contributed by atoms with van der Waals surface area (Å²) in [5, 5.41) is 3.64. The van der Waals surface area contributed by atoms with Crippen LogP contribution in [0.5, 0.6) is 0 Å². The Balaban J connectivity index is 1.87. The fraction of sp³-hybridized carbons (Fsp3) is 0.407. The molecular formula is C27H32N3O2+. The van der Waals surface area contributed by atoms with Crippen molar-refractivity contribution in [3.8, 4) is 0 Å². The standard InChI is InChI=1S/C27H32N3O2/c1-8-30-23-14-24-17(11-20(23)16(2)15-27(30,3)4)12-21-25(32-24)19-10-9-18(28(5)6)13-22(19)29(7)26(21)31/h9-15,20,23H,8H2,1-7H3/q+1. The van der Waals surface area contributed by atoms with Crippen LogP contribution in [-0.4, -0.2) is 41.7 Å². The van der Waals surface area contributed by atoms with E-state index in [4.69, 9.17) is 4.42 Å². The monoisotopic (exact) mass is 430 g/mol. The zero-order valence-corrected chi connectivity index (χ0v) is 20.1. The summed E-state index contributed by atoms with van der Waals surface area (Å²) in [6.45, 7) is 9.94. The largest absolute Gasteiger partial charge is 0.455 e. The van der Waals surface area contributed by atoms with Gasteiger partial charge in [-0.15, -0.1) is 0 Å². The van der Waals surface area contributed by atoms with E-state index in [9.17, 15) is 4.79 Å². The van der Waals surface area contributed by atoms with E-state index in [1.54, 1.807) is 4.57 Å².